The summed E-state index contributed by atoms with van der Waals surface area (Å²) in [6, 6.07) is 10.2. The molecule has 25 heavy (non-hydrogen) atoms. The van der Waals surface area contributed by atoms with Crippen molar-refractivity contribution in [1.82, 2.24) is 15.2 Å². The Morgan fingerprint density at radius 1 is 1.16 bits per heavy atom. The monoisotopic (exact) mass is 343 g/mol. The number of carbonyl (C=O) groups is 2. The fourth-order valence-corrected chi connectivity index (χ4v) is 2.42. The molecule has 1 aromatic carbocycles. The maximum atomic E-state index is 13.5. The summed E-state index contributed by atoms with van der Waals surface area (Å²) in [6.07, 6.45) is 3.99. The minimum Gasteiger partial charge on any atom is -0.356 e. The van der Waals surface area contributed by atoms with Gasteiger partial charge in [0.05, 0.1) is 0 Å². The van der Waals surface area contributed by atoms with E-state index in [1.54, 1.807) is 35.5 Å². The smallest absolute Gasteiger partial charge is 0.221 e. The van der Waals surface area contributed by atoms with Gasteiger partial charge < -0.3 is 10.2 Å². The fraction of sp³-hybridized carbons (Fsp3) is 0.316. The molecule has 2 rings (SSSR count). The van der Waals surface area contributed by atoms with Crippen molar-refractivity contribution in [1.29, 1.82) is 0 Å². The van der Waals surface area contributed by atoms with E-state index in [2.05, 4.69) is 10.3 Å². The molecule has 0 aliphatic rings. The summed E-state index contributed by atoms with van der Waals surface area (Å²) in [7, 11) is 0. The van der Waals surface area contributed by atoms with Crippen molar-refractivity contribution < 1.29 is 14.0 Å². The third kappa shape index (κ3) is 6.33. The number of hydrogen-bond acceptors (Lipinski definition) is 3. The molecule has 0 fully saturated rings. The highest BCUT2D eigenvalue weighted by Crippen LogP contribution is 2.07. The zero-order valence-corrected chi connectivity index (χ0v) is 14.2. The van der Waals surface area contributed by atoms with Gasteiger partial charge in [0, 0.05) is 45.4 Å². The molecule has 5 nitrogen and oxygen atoms in total. The van der Waals surface area contributed by atoms with Crippen LogP contribution in [0.5, 0.6) is 0 Å². The van der Waals surface area contributed by atoms with Gasteiger partial charge in [-0.3, -0.25) is 14.6 Å². The molecule has 0 aliphatic heterocycles. The number of hydrogen-bond donors (Lipinski definition) is 1. The van der Waals surface area contributed by atoms with Crippen LogP contribution in [0.15, 0.2) is 48.8 Å². The molecule has 1 N–H and O–H groups in total. The van der Waals surface area contributed by atoms with Crippen LogP contribution in [-0.2, 0) is 22.6 Å². The number of rotatable bonds is 8. The Hall–Kier alpha value is -2.76. The summed E-state index contributed by atoms with van der Waals surface area (Å²) < 4.78 is 13.5. The molecule has 0 spiro atoms. The average Bonchev–Trinajstić information content (AvgIpc) is 2.61. The summed E-state index contributed by atoms with van der Waals surface area (Å²) in [5.74, 6) is -0.509. The summed E-state index contributed by atoms with van der Waals surface area (Å²) in [6.45, 7) is 2.63. The number of aromatic nitrogens is 1. The first kappa shape index (κ1) is 18.6. The number of nitrogens with one attached hydrogen (secondary N) is 1. The minimum absolute atomic E-state index is 0.0871. The summed E-state index contributed by atoms with van der Waals surface area (Å²) in [5, 5.41) is 2.76. The SMILES string of the molecule is CC(=O)N(CCC(=O)NCCc1ccccc1F)Cc1ccncc1. The van der Waals surface area contributed by atoms with E-state index >= 15 is 0 Å². The maximum absolute atomic E-state index is 13.5. The standard InChI is InChI=1S/C19H22FN3O2/c1-15(24)23(14-16-6-10-21-11-7-16)13-9-19(25)22-12-8-17-4-2-3-5-18(17)20/h2-7,10-11H,8-9,12-14H2,1H3,(H,22,25). The van der Waals surface area contributed by atoms with Crippen LogP contribution in [0.3, 0.4) is 0 Å². The van der Waals surface area contributed by atoms with Gasteiger partial charge in [-0.2, -0.15) is 0 Å². The van der Waals surface area contributed by atoms with E-state index in [0.717, 1.165) is 5.56 Å². The number of nitrogens with zero attached hydrogens (tertiary/aromatic N) is 2. The lowest BCUT2D eigenvalue weighted by Crippen LogP contribution is -2.34. The first-order valence-corrected chi connectivity index (χ1v) is 8.21. The molecule has 0 saturated carbocycles. The number of carbonyl (C=O) groups excluding carboxylic acids is 2. The molecule has 0 radical (unpaired) electrons. The fourth-order valence-electron chi connectivity index (χ4n) is 2.42. The third-order valence-electron chi connectivity index (χ3n) is 3.85. The molecule has 1 aromatic heterocycles. The second-order valence-corrected chi connectivity index (χ2v) is 5.74. The van der Waals surface area contributed by atoms with Crippen molar-refractivity contribution in [3.05, 3.63) is 65.7 Å². The third-order valence-corrected chi connectivity index (χ3v) is 3.85. The van der Waals surface area contributed by atoms with E-state index < -0.39 is 0 Å². The normalized spacial score (nSPS) is 10.3. The molecule has 0 atom stereocenters. The first-order valence-electron chi connectivity index (χ1n) is 8.21. The van der Waals surface area contributed by atoms with Gasteiger partial charge in [-0.1, -0.05) is 18.2 Å². The zero-order valence-electron chi connectivity index (χ0n) is 14.2. The summed E-state index contributed by atoms with van der Waals surface area (Å²) in [5.41, 5.74) is 1.54. The second-order valence-electron chi connectivity index (χ2n) is 5.74. The Morgan fingerprint density at radius 2 is 1.88 bits per heavy atom. The topological polar surface area (TPSA) is 62.3 Å². The lowest BCUT2D eigenvalue weighted by Gasteiger charge is -2.20. The number of amides is 2. The van der Waals surface area contributed by atoms with E-state index in [1.165, 1.54) is 13.0 Å². The van der Waals surface area contributed by atoms with Crippen LogP contribution in [0.2, 0.25) is 0 Å². The van der Waals surface area contributed by atoms with Crippen LogP contribution in [0.1, 0.15) is 24.5 Å². The van der Waals surface area contributed by atoms with Gasteiger partial charge in [0.15, 0.2) is 0 Å². The lowest BCUT2D eigenvalue weighted by molar-refractivity contribution is -0.130. The Kier molecular flexibility index (Phi) is 7.07. The predicted octanol–water partition coefficient (Wildman–Crippen LogP) is 2.32. The molecular formula is C19H22FN3O2. The van der Waals surface area contributed by atoms with E-state index in [4.69, 9.17) is 0 Å². The number of halogens is 1. The molecule has 2 amide bonds. The molecule has 132 valence electrons. The van der Waals surface area contributed by atoms with Crippen molar-refractivity contribution in [2.24, 2.45) is 0 Å². The number of pyridine rings is 1. The van der Waals surface area contributed by atoms with Crippen LogP contribution in [0, 0.1) is 5.82 Å². The van der Waals surface area contributed by atoms with E-state index in [1.807, 2.05) is 12.1 Å². The van der Waals surface area contributed by atoms with Gasteiger partial charge in [0.25, 0.3) is 0 Å². The highest BCUT2D eigenvalue weighted by Gasteiger charge is 2.12. The number of benzene rings is 1. The van der Waals surface area contributed by atoms with Crippen LogP contribution in [0.4, 0.5) is 4.39 Å². The predicted molar refractivity (Wildman–Crippen MR) is 93.1 cm³/mol. The van der Waals surface area contributed by atoms with Gasteiger partial charge in [0.2, 0.25) is 11.8 Å². The van der Waals surface area contributed by atoms with Crippen molar-refractivity contribution >= 4 is 11.8 Å². The molecule has 0 unspecified atom stereocenters. The summed E-state index contributed by atoms with van der Waals surface area (Å²) >= 11 is 0. The van der Waals surface area contributed by atoms with Crippen molar-refractivity contribution in [3.63, 3.8) is 0 Å². The highest BCUT2D eigenvalue weighted by atomic mass is 19.1. The summed E-state index contributed by atoms with van der Waals surface area (Å²) in [4.78, 5) is 29.2. The molecule has 2 aromatic rings. The quantitative estimate of drug-likeness (QED) is 0.800. The highest BCUT2D eigenvalue weighted by molar-refractivity contribution is 5.78. The van der Waals surface area contributed by atoms with Crippen LogP contribution in [-0.4, -0.2) is 34.8 Å². The van der Waals surface area contributed by atoms with E-state index in [0.29, 0.717) is 31.6 Å². The molecule has 6 heteroatoms. The van der Waals surface area contributed by atoms with Crippen molar-refractivity contribution in [2.45, 2.75) is 26.3 Å². The van der Waals surface area contributed by atoms with Gasteiger partial charge in [-0.25, -0.2) is 4.39 Å². The average molecular weight is 343 g/mol. The van der Waals surface area contributed by atoms with Gasteiger partial charge in [0.1, 0.15) is 5.82 Å². The van der Waals surface area contributed by atoms with Gasteiger partial charge in [-0.15, -0.1) is 0 Å². The Morgan fingerprint density at radius 3 is 2.56 bits per heavy atom. The van der Waals surface area contributed by atoms with Crippen LogP contribution in [0.25, 0.3) is 0 Å². The maximum Gasteiger partial charge on any atom is 0.221 e. The van der Waals surface area contributed by atoms with Crippen LogP contribution < -0.4 is 5.32 Å². The molecule has 0 bridgehead atoms. The molecule has 0 saturated heterocycles. The van der Waals surface area contributed by atoms with Crippen molar-refractivity contribution in [2.75, 3.05) is 13.1 Å². The Bertz CT molecular complexity index is 707. The molecule has 1 heterocycles. The van der Waals surface area contributed by atoms with Gasteiger partial charge in [-0.05, 0) is 35.7 Å². The lowest BCUT2D eigenvalue weighted by atomic mass is 10.1. The first-order chi connectivity index (χ1) is 12.1. The van der Waals surface area contributed by atoms with Crippen LogP contribution >= 0.6 is 0 Å². The second kappa shape index (κ2) is 9.52. The van der Waals surface area contributed by atoms with Gasteiger partial charge >= 0.3 is 0 Å². The molecular weight excluding hydrogens is 321 g/mol. The van der Waals surface area contributed by atoms with E-state index in [-0.39, 0.29) is 24.1 Å². The Labute approximate surface area is 146 Å². The Balaban J connectivity index is 1.75. The molecule has 0 aliphatic carbocycles. The largest absolute Gasteiger partial charge is 0.356 e. The minimum atomic E-state index is -0.267. The zero-order chi connectivity index (χ0) is 18.1. The van der Waals surface area contributed by atoms with E-state index in [9.17, 15) is 14.0 Å². The van der Waals surface area contributed by atoms with Crippen molar-refractivity contribution in [3.8, 4) is 0 Å².